The highest BCUT2D eigenvalue weighted by Crippen LogP contribution is 2.26. The Kier molecular flexibility index (Phi) is 7.51. The summed E-state index contributed by atoms with van der Waals surface area (Å²) >= 11 is 6.34. The number of likely N-dealkylation sites (N-methyl/N-ethyl adjacent to an activating group) is 1. The van der Waals surface area contributed by atoms with Crippen molar-refractivity contribution in [3.05, 3.63) is 16.9 Å². The average molecular weight is 303 g/mol. The number of nitrogens with one attached hydrogen (secondary N) is 1. The molecule has 0 aromatic carbocycles. The van der Waals surface area contributed by atoms with Gasteiger partial charge < -0.3 is 15.0 Å². The third-order valence-electron chi connectivity index (χ3n) is 3.34. The first kappa shape index (κ1) is 17.4. The Morgan fingerprint density at radius 2 is 2.20 bits per heavy atom. The van der Waals surface area contributed by atoms with E-state index in [0.717, 1.165) is 31.7 Å². The maximum Gasteiger partial charge on any atom is 0.0835 e. The molecule has 1 heterocycles. The van der Waals surface area contributed by atoms with E-state index < -0.39 is 0 Å². The summed E-state index contributed by atoms with van der Waals surface area (Å²) in [6.07, 6.45) is 2.82. The number of halogens is 1. The molecule has 116 valence electrons. The van der Waals surface area contributed by atoms with Gasteiger partial charge in [-0.25, -0.2) is 0 Å². The summed E-state index contributed by atoms with van der Waals surface area (Å²) in [5, 5.41) is 8.60. The summed E-state index contributed by atoms with van der Waals surface area (Å²) in [5.74, 6) is 0. The van der Waals surface area contributed by atoms with Gasteiger partial charge in [-0.1, -0.05) is 18.5 Å². The van der Waals surface area contributed by atoms with E-state index in [9.17, 15) is 0 Å². The summed E-state index contributed by atoms with van der Waals surface area (Å²) < 4.78 is 7.47. The largest absolute Gasteiger partial charge is 0.380 e. The number of nitrogens with zero attached hydrogens (tertiary/aromatic N) is 3. The summed E-state index contributed by atoms with van der Waals surface area (Å²) in [4.78, 5) is 2.13. The molecule has 1 rings (SSSR count). The number of ether oxygens (including phenoxy) is 1. The van der Waals surface area contributed by atoms with Gasteiger partial charge in [-0.3, -0.25) is 4.68 Å². The molecule has 0 aliphatic heterocycles. The number of hydrogen-bond acceptors (Lipinski definition) is 4. The van der Waals surface area contributed by atoms with Gasteiger partial charge in [0.1, 0.15) is 0 Å². The fourth-order valence-electron chi connectivity index (χ4n) is 2.07. The fourth-order valence-corrected chi connectivity index (χ4v) is 2.33. The van der Waals surface area contributed by atoms with Crippen LogP contribution in [-0.4, -0.2) is 55.1 Å². The Hall–Kier alpha value is -0.620. The lowest BCUT2D eigenvalue weighted by Gasteiger charge is -2.26. The highest BCUT2D eigenvalue weighted by atomic mass is 35.5. The van der Waals surface area contributed by atoms with Gasteiger partial charge in [-0.15, -0.1) is 0 Å². The van der Waals surface area contributed by atoms with Crippen LogP contribution < -0.4 is 5.32 Å². The monoisotopic (exact) mass is 302 g/mol. The third kappa shape index (κ3) is 4.74. The molecule has 6 heteroatoms. The van der Waals surface area contributed by atoms with Crippen molar-refractivity contribution in [3.63, 3.8) is 0 Å². The first-order chi connectivity index (χ1) is 9.51. The molecule has 0 bridgehead atoms. The van der Waals surface area contributed by atoms with Crippen molar-refractivity contribution in [2.45, 2.75) is 39.0 Å². The second kappa shape index (κ2) is 8.62. The minimum absolute atomic E-state index is 0.0360. The van der Waals surface area contributed by atoms with Crippen LogP contribution in [0.4, 0.5) is 0 Å². The zero-order chi connectivity index (χ0) is 15.1. The zero-order valence-corrected chi connectivity index (χ0v) is 13.9. The quantitative estimate of drug-likeness (QED) is 0.759. The zero-order valence-electron chi connectivity index (χ0n) is 13.2. The summed E-state index contributed by atoms with van der Waals surface area (Å²) in [6, 6.07) is 0.0529. The predicted molar refractivity (Wildman–Crippen MR) is 83.3 cm³/mol. The molecule has 2 unspecified atom stereocenters. The van der Waals surface area contributed by atoms with Crippen molar-refractivity contribution in [2.75, 3.05) is 34.3 Å². The smallest absolute Gasteiger partial charge is 0.0835 e. The van der Waals surface area contributed by atoms with Crippen molar-refractivity contribution in [2.24, 2.45) is 0 Å². The Morgan fingerprint density at radius 3 is 2.75 bits per heavy atom. The molecule has 0 saturated carbocycles. The fraction of sp³-hybridized carbons (Fsp3) is 0.786. The molecule has 0 aliphatic carbocycles. The minimum atomic E-state index is 0.0360. The van der Waals surface area contributed by atoms with Crippen molar-refractivity contribution < 1.29 is 4.74 Å². The van der Waals surface area contributed by atoms with Gasteiger partial charge in [-0.05, 0) is 34.0 Å². The highest BCUT2D eigenvalue weighted by molar-refractivity contribution is 6.31. The molecule has 2 atom stereocenters. The molecular weight excluding hydrogens is 276 g/mol. The summed E-state index contributed by atoms with van der Waals surface area (Å²) in [6.45, 7) is 6.86. The molecule has 1 aromatic heterocycles. The van der Waals surface area contributed by atoms with Crippen LogP contribution in [0.3, 0.4) is 0 Å². The van der Waals surface area contributed by atoms with E-state index in [2.05, 4.69) is 36.3 Å². The van der Waals surface area contributed by atoms with Gasteiger partial charge in [0.2, 0.25) is 0 Å². The van der Waals surface area contributed by atoms with Crippen LogP contribution in [0.1, 0.15) is 32.0 Å². The normalized spacial score (nSPS) is 14.8. The van der Waals surface area contributed by atoms with Gasteiger partial charge in [0.05, 0.1) is 35.6 Å². The molecule has 0 radical (unpaired) electrons. The molecule has 0 amide bonds. The van der Waals surface area contributed by atoms with Gasteiger partial charge >= 0.3 is 0 Å². The number of methoxy groups -OCH3 is 1. The van der Waals surface area contributed by atoms with Crippen molar-refractivity contribution in [1.29, 1.82) is 0 Å². The van der Waals surface area contributed by atoms with E-state index in [0.29, 0.717) is 5.02 Å². The second-order valence-corrected chi connectivity index (χ2v) is 5.68. The molecule has 0 fully saturated rings. The van der Waals surface area contributed by atoms with Gasteiger partial charge in [0.25, 0.3) is 0 Å². The van der Waals surface area contributed by atoms with Crippen LogP contribution in [-0.2, 0) is 11.3 Å². The van der Waals surface area contributed by atoms with E-state index in [1.54, 1.807) is 13.3 Å². The number of hydrogen-bond donors (Lipinski definition) is 1. The predicted octanol–water partition coefficient (Wildman–Crippen LogP) is 2.17. The first-order valence-corrected chi connectivity index (χ1v) is 7.51. The SMILES string of the molecule is CCCNC(c1c(Cl)cnn1CCN(C)C)C(C)OC. The lowest BCUT2D eigenvalue weighted by molar-refractivity contribution is 0.0798. The number of aromatic nitrogens is 2. The lowest BCUT2D eigenvalue weighted by Crippen LogP contribution is -2.34. The van der Waals surface area contributed by atoms with E-state index in [1.807, 2.05) is 11.6 Å². The standard InChI is InChI=1S/C14H27ClN4O/c1-6-7-16-13(11(2)20-5)14-12(15)10-17-19(14)9-8-18(3)4/h10-11,13,16H,6-9H2,1-5H3. The Morgan fingerprint density at radius 1 is 1.50 bits per heavy atom. The molecule has 1 N–H and O–H groups in total. The maximum atomic E-state index is 6.34. The van der Waals surface area contributed by atoms with E-state index in [1.165, 1.54) is 0 Å². The lowest BCUT2D eigenvalue weighted by atomic mass is 10.1. The van der Waals surface area contributed by atoms with Crippen molar-refractivity contribution >= 4 is 11.6 Å². The average Bonchev–Trinajstić information content (AvgIpc) is 2.78. The molecule has 0 saturated heterocycles. The van der Waals surface area contributed by atoms with Gasteiger partial charge in [0, 0.05) is 13.7 Å². The van der Waals surface area contributed by atoms with E-state index in [4.69, 9.17) is 16.3 Å². The topological polar surface area (TPSA) is 42.3 Å². The van der Waals surface area contributed by atoms with Crippen molar-refractivity contribution in [1.82, 2.24) is 20.0 Å². The highest BCUT2D eigenvalue weighted by Gasteiger charge is 2.25. The number of rotatable bonds is 9. The molecular formula is C14H27ClN4O. The van der Waals surface area contributed by atoms with Crippen molar-refractivity contribution in [3.8, 4) is 0 Å². The van der Waals surface area contributed by atoms with Gasteiger partial charge in [-0.2, -0.15) is 5.10 Å². The first-order valence-electron chi connectivity index (χ1n) is 7.13. The third-order valence-corrected chi connectivity index (χ3v) is 3.63. The molecule has 20 heavy (non-hydrogen) atoms. The van der Waals surface area contributed by atoms with Crippen LogP contribution in [0.15, 0.2) is 6.20 Å². The van der Waals surface area contributed by atoms with Crippen LogP contribution in [0.5, 0.6) is 0 Å². The Bertz CT molecular complexity index is 395. The van der Waals surface area contributed by atoms with Crippen LogP contribution in [0, 0.1) is 0 Å². The molecule has 5 nitrogen and oxygen atoms in total. The van der Waals surface area contributed by atoms with E-state index >= 15 is 0 Å². The summed E-state index contributed by atoms with van der Waals surface area (Å²) in [5.41, 5.74) is 1.01. The molecule has 0 spiro atoms. The Labute approximate surface area is 127 Å². The van der Waals surface area contributed by atoms with Gasteiger partial charge in [0.15, 0.2) is 0 Å². The summed E-state index contributed by atoms with van der Waals surface area (Å²) in [7, 11) is 5.82. The van der Waals surface area contributed by atoms with Crippen LogP contribution in [0.25, 0.3) is 0 Å². The van der Waals surface area contributed by atoms with Crippen LogP contribution >= 0.6 is 11.6 Å². The maximum absolute atomic E-state index is 6.34. The minimum Gasteiger partial charge on any atom is -0.380 e. The second-order valence-electron chi connectivity index (χ2n) is 5.28. The Balaban J connectivity index is 2.95. The molecule has 1 aromatic rings. The van der Waals surface area contributed by atoms with E-state index in [-0.39, 0.29) is 12.1 Å². The molecule has 0 aliphatic rings. The van der Waals surface area contributed by atoms with Crippen LogP contribution in [0.2, 0.25) is 5.02 Å².